The van der Waals surface area contributed by atoms with Gasteiger partial charge in [0.05, 0.1) is 5.56 Å². The maximum atomic E-state index is 11.1. The van der Waals surface area contributed by atoms with E-state index >= 15 is 0 Å². The molecule has 0 fully saturated rings. The van der Waals surface area contributed by atoms with Crippen LogP contribution < -0.4 is 5.56 Å². The van der Waals surface area contributed by atoms with E-state index in [9.17, 15) is 14.4 Å². The average Bonchev–Trinajstić information content (AvgIpc) is 2.07. The highest BCUT2D eigenvalue weighted by molar-refractivity contribution is 5.87. The highest BCUT2D eigenvalue weighted by atomic mass is 16.4. The van der Waals surface area contributed by atoms with Gasteiger partial charge in [-0.15, -0.1) is 0 Å². The molecule has 0 saturated carbocycles. The van der Waals surface area contributed by atoms with Crippen molar-refractivity contribution in [3.63, 3.8) is 0 Å². The van der Waals surface area contributed by atoms with E-state index in [1.807, 2.05) is 0 Å². The number of hydrogen-bond acceptors (Lipinski definition) is 3. The summed E-state index contributed by atoms with van der Waals surface area (Å²) >= 11 is 0. The molecule has 0 amide bonds. The number of carbonyl (C=O) groups is 2. The molecular formula is C8H7NO5. The Morgan fingerprint density at radius 1 is 1.36 bits per heavy atom. The van der Waals surface area contributed by atoms with Crippen molar-refractivity contribution in [2.75, 3.05) is 0 Å². The lowest BCUT2D eigenvalue weighted by Crippen LogP contribution is -2.23. The number of carboxylic acids is 2. The molecule has 0 aliphatic carbocycles. The van der Waals surface area contributed by atoms with E-state index in [4.69, 9.17) is 10.2 Å². The number of aromatic carboxylic acids is 1. The minimum atomic E-state index is -1.22. The van der Waals surface area contributed by atoms with Crippen molar-refractivity contribution in [1.82, 2.24) is 4.57 Å². The molecule has 0 radical (unpaired) electrons. The zero-order valence-electron chi connectivity index (χ0n) is 7.01. The molecule has 0 aliphatic rings. The first-order valence-corrected chi connectivity index (χ1v) is 3.66. The Morgan fingerprint density at radius 2 is 2.00 bits per heavy atom. The van der Waals surface area contributed by atoms with Gasteiger partial charge in [0.15, 0.2) is 0 Å². The molecular weight excluding hydrogens is 190 g/mol. The first-order chi connectivity index (χ1) is 6.50. The summed E-state index contributed by atoms with van der Waals surface area (Å²) in [6.45, 7) is -0.473. The molecule has 74 valence electrons. The van der Waals surface area contributed by atoms with Crippen molar-refractivity contribution in [2.24, 2.45) is 0 Å². The Labute approximate surface area is 78.0 Å². The van der Waals surface area contributed by atoms with Gasteiger partial charge in [0.2, 0.25) is 0 Å². The molecule has 6 heteroatoms. The van der Waals surface area contributed by atoms with Crippen molar-refractivity contribution in [2.45, 2.75) is 6.54 Å². The third kappa shape index (κ3) is 2.19. The van der Waals surface area contributed by atoms with Crippen LogP contribution in [0.5, 0.6) is 0 Å². The molecule has 0 unspecified atom stereocenters. The number of rotatable bonds is 3. The molecule has 1 aromatic heterocycles. The standard InChI is InChI=1S/C8H7NO5/c10-6-3-5(8(13)14)1-2-9(6)4-7(11)12/h1-3H,4H2,(H,11,12)(H,13,14). The van der Waals surface area contributed by atoms with Crippen LogP contribution in [0.1, 0.15) is 10.4 Å². The third-order valence-electron chi connectivity index (χ3n) is 1.55. The van der Waals surface area contributed by atoms with Crippen LogP contribution in [0.25, 0.3) is 0 Å². The number of aromatic nitrogens is 1. The van der Waals surface area contributed by atoms with Gasteiger partial charge in [-0.25, -0.2) is 4.79 Å². The lowest BCUT2D eigenvalue weighted by atomic mass is 10.3. The van der Waals surface area contributed by atoms with Crippen LogP contribution in [0.3, 0.4) is 0 Å². The van der Waals surface area contributed by atoms with Crippen molar-refractivity contribution in [3.8, 4) is 0 Å². The number of pyridine rings is 1. The van der Waals surface area contributed by atoms with E-state index in [0.29, 0.717) is 0 Å². The topological polar surface area (TPSA) is 96.6 Å². The van der Waals surface area contributed by atoms with Crippen molar-refractivity contribution in [1.29, 1.82) is 0 Å². The lowest BCUT2D eigenvalue weighted by Gasteiger charge is -2.01. The molecule has 1 aromatic rings. The predicted octanol–water partition coefficient (Wildman–Crippen LogP) is -0.369. The van der Waals surface area contributed by atoms with Crippen LogP contribution in [-0.2, 0) is 11.3 Å². The number of aliphatic carboxylic acids is 1. The minimum absolute atomic E-state index is 0.156. The number of nitrogens with zero attached hydrogens (tertiary/aromatic N) is 1. The Bertz CT molecular complexity index is 434. The van der Waals surface area contributed by atoms with Crippen molar-refractivity contribution >= 4 is 11.9 Å². The molecule has 1 heterocycles. The van der Waals surface area contributed by atoms with Gasteiger partial charge in [-0.05, 0) is 6.07 Å². The van der Waals surface area contributed by atoms with Gasteiger partial charge in [-0.3, -0.25) is 9.59 Å². The second-order valence-electron chi connectivity index (χ2n) is 2.58. The SMILES string of the molecule is O=C(O)Cn1ccc(C(=O)O)cc1=O. The molecule has 0 aromatic carbocycles. The van der Waals surface area contributed by atoms with Crippen LogP contribution in [0.15, 0.2) is 23.1 Å². The second kappa shape index (κ2) is 3.73. The van der Waals surface area contributed by atoms with Crippen LogP contribution in [0.2, 0.25) is 0 Å². The predicted molar refractivity (Wildman–Crippen MR) is 45.3 cm³/mol. The average molecular weight is 197 g/mol. The summed E-state index contributed by atoms with van der Waals surface area (Å²) in [5.74, 6) is -2.38. The Balaban J connectivity index is 3.08. The monoisotopic (exact) mass is 197 g/mol. The van der Waals surface area contributed by atoms with Gasteiger partial charge >= 0.3 is 11.9 Å². The first-order valence-electron chi connectivity index (χ1n) is 3.66. The lowest BCUT2D eigenvalue weighted by molar-refractivity contribution is -0.137. The molecule has 2 N–H and O–H groups in total. The smallest absolute Gasteiger partial charge is 0.335 e. The van der Waals surface area contributed by atoms with Crippen LogP contribution in [0, 0.1) is 0 Å². The van der Waals surface area contributed by atoms with E-state index in [1.54, 1.807) is 0 Å². The largest absolute Gasteiger partial charge is 0.480 e. The van der Waals surface area contributed by atoms with Gasteiger partial charge in [-0.1, -0.05) is 0 Å². The summed E-state index contributed by atoms with van der Waals surface area (Å²) in [5.41, 5.74) is -0.802. The van der Waals surface area contributed by atoms with Gasteiger partial charge in [0.1, 0.15) is 6.54 Å². The van der Waals surface area contributed by atoms with Gasteiger partial charge < -0.3 is 14.8 Å². The molecule has 0 spiro atoms. The van der Waals surface area contributed by atoms with E-state index < -0.39 is 24.0 Å². The summed E-state index contributed by atoms with van der Waals surface area (Å²) in [7, 11) is 0. The van der Waals surface area contributed by atoms with Crippen molar-refractivity contribution in [3.05, 3.63) is 34.2 Å². The Kier molecular flexibility index (Phi) is 2.66. The van der Waals surface area contributed by atoms with E-state index in [2.05, 4.69) is 0 Å². The fourth-order valence-electron chi connectivity index (χ4n) is 0.917. The Morgan fingerprint density at radius 3 is 2.43 bits per heavy atom. The highest BCUT2D eigenvalue weighted by Crippen LogP contribution is 1.94. The summed E-state index contributed by atoms with van der Waals surface area (Å²) < 4.78 is 0.911. The molecule has 14 heavy (non-hydrogen) atoms. The molecule has 0 saturated heterocycles. The normalized spacial score (nSPS) is 9.71. The second-order valence-corrected chi connectivity index (χ2v) is 2.58. The summed E-state index contributed by atoms with van der Waals surface area (Å²) in [6, 6.07) is 2.05. The summed E-state index contributed by atoms with van der Waals surface area (Å²) in [5, 5.41) is 16.9. The van der Waals surface area contributed by atoms with E-state index in [0.717, 1.165) is 16.8 Å². The first kappa shape index (κ1) is 9.97. The Hall–Kier alpha value is -2.11. The van der Waals surface area contributed by atoms with Crippen LogP contribution >= 0.6 is 0 Å². The maximum Gasteiger partial charge on any atom is 0.335 e. The molecule has 0 atom stereocenters. The van der Waals surface area contributed by atoms with Crippen molar-refractivity contribution < 1.29 is 19.8 Å². The molecule has 6 nitrogen and oxygen atoms in total. The summed E-state index contributed by atoms with van der Waals surface area (Å²) in [4.78, 5) is 31.8. The zero-order valence-corrected chi connectivity index (χ0v) is 7.01. The van der Waals surface area contributed by atoms with Gasteiger partial charge in [0.25, 0.3) is 5.56 Å². The molecule has 0 aliphatic heterocycles. The quantitative estimate of drug-likeness (QED) is 0.689. The summed E-state index contributed by atoms with van der Waals surface area (Å²) in [6.07, 6.45) is 1.14. The zero-order chi connectivity index (χ0) is 10.7. The van der Waals surface area contributed by atoms with Crippen LogP contribution in [-0.4, -0.2) is 26.7 Å². The maximum absolute atomic E-state index is 11.1. The fraction of sp³-hybridized carbons (Fsp3) is 0.125. The van der Waals surface area contributed by atoms with Crippen LogP contribution in [0.4, 0.5) is 0 Å². The third-order valence-corrected chi connectivity index (χ3v) is 1.55. The number of hydrogen-bond donors (Lipinski definition) is 2. The molecule has 1 rings (SSSR count). The number of carboxylic acid groups (broad SMARTS) is 2. The highest BCUT2D eigenvalue weighted by Gasteiger charge is 2.06. The fourth-order valence-corrected chi connectivity index (χ4v) is 0.917. The van der Waals surface area contributed by atoms with Gasteiger partial charge in [0, 0.05) is 12.3 Å². The van der Waals surface area contributed by atoms with E-state index in [1.165, 1.54) is 6.07 Å². The van der Waals surface area contributed by atoms with E-state index in [-0.39, 0.29) is 5.56 Å². The van der Waals surface area contributed by atoms with Gasteiger partial charge in [-0.2, -0.15) is 0 Å². The minimum Gasteiger partial charge on any atom is -0.480 e. The molecule has 0 bridgehead atoms.